The van der Waals surface area contributed by atoms with E-state index < -0.39 is 4.92 Å². The van der Waals surface area contributed by atoms with Gasteiger partial charge in [0.1, 0.15) is 6.33 Å². The number of nitro groups is 1. The van der Waals surface area contributed by atoms with Crippen molar-refractivity contribution in [1.82, 2.24) is 9.97 Å². The normalized spacial score (nSPS) is 11.9. The van der Waals surface area contributed by atoms with Gasteiger partial charge in [-0.2, -0.15) is 0 Å². The fourth-order valence-corrected chi connectivity index (χ4v) is 1.66. The third kappa shape index (κ3) is 4.96. The number of nitrogens with zero attached hydrogens (tertiary/aromatic N) is 3. The molecule has 0 saturated carbocycles. The molecular weight excluding hydrogens is 262 g/mol. The van der Waals surface area contributed by atoms with Gasteiger partial charge in [-0.25, -0.2) is 9.97 Å². The first-order valence-corrected chi connectivity index (χ1v) is 6.71. The topological polar surface area (TPSA) is 113 Å². The molecule has 0 fully saturated rings. The number of nitrogens with one attached hydrogen (secondary N) is 2. The number of aromatic nitrogens is 2. The van der Waals surface area contributed by atoms with Crippen molar-refractivity contribution in [2.45, 2.75) is 39.2 Å². The summed E-state index contributed by atoms with van der Waals surface area (Å²) in [7, 11) is 0. The molecule has 0 spiro atoms. The van der Waals surface area contributed by atoms with E-state index in [1.165, 1.54) is 6.33 Å². The van der Waals surface area contributed by atoms with Gasteiger partial charge in [0.2, 0.25) is 11.6 Å². The fraction of sp³-hybridized carbons (Fsp3) is 0.667. The average molecular weight is 283 g/mol. The van der Waals surface area contributed by atoms with Crippen LogP contribution in [-0.2, 0) is 0 Å². The van der Waals surface area contributed by atoms with Crippen LogP contribution in [0.1, 0.15) is 33.1 Å². The quantitative estimate of drug-likeness (QED) is 0.359. The van der Waals surface area contributed by atoms with Crippen molar-refractivity contribution in [3.8, 4) is 0 Å². The number of aliphatic hydroxyl groups excluding tert-OH is 1. The Labute approximate surface area is 117 Å². The van der Waals surface area contributed by atoms with Crippen LogP contribution >= 0.6 is 0 Å². The van der Waals surface area contributed by atoms with Crippen LogP contribution in [0, 0.1) is 10.1 Å². The predicted molar refractivity (Wildman–Crippen MR) is 76.9 cm³/mol. The monoisotopic (exact) mass is 283 g/mol. The zero-order chi connectivity index (χ0) is 15.0. The van der Waals surface area contributed by atoms with Gasteiger partial charge < -0.3 is 15.7 Å². The highest BCUT2D eigenvalue weighted by molar-refractivity contribution is 5.69. The van der Waals surface area contributed by atoms with Crippen LogP contribution in [0.3, 0.4) is 0 Å². The highest BCUT2D eigenvalue weighted by atomic mass is 16.6. The zero-order valence-electron chi connectivity index (χ0n) is 11.8. The molecule has 112 valence electrons. The molecule has 8 nitrogen and oxygen atoms in total. The zero-order valence-corrected chi connectivity index (χ0v) is 11.8. The summed E-state index contributed by atoms with van der Waals surface area (Å²) in [5, 5.41) is 26.2. The molecule has 1 heterocycles. The standard InChI is InChI=1S/C12H21N5O3/c1-3-6-13-11-10(17(19)20)12(16-8-15-11)14-7-4-5-9(2)18/h8-9,18H,3-7H2,1-2H3,(H2,13,14,15,16). The van der Waals surface area contributed by atoms with Crippen molar-refractivity contribution >= 4 is 17.3 Å². The minimum atomic E-state index is -0.491. The van der Waals surface area contributed by atoms with E-state index >= 15 is 0 Å². The van der Waals surface area contributed by atoms with E-state index in [4.69, 9.17) is 5.11 Å². The Kier molecular flexibility index (Phi) is 6.65. The minimum absolute atomic E-state index is 0.141. The second-order valence-corrected chi connectivity index (χ2v) is 4.52. The molecule has 0 bridgehead atoms. The van der Waals surface area contributed by atoms with Crippen molar-refractivity contribution in [2.24, 2.45) is 0 Å². The number of anilines is 2. The number of aliphatic hydroxyl groups is 1. The van der Waals surface area contributed by atoms with Gasteiger partial charge in [-0.05, 0) is 26.2 Å². The van der Waals surface area contributed by atoms with Crippen LogP contribution in [0.5, 0.6) is 0 Å². The van der Waals surface area contributed by atoms with Crippen LogP contribution in [-0.4, -0.2) is 39.2 Å². The van der Waals surface area contributed by atoms with E-state index in [1.807, 2.05) is 6.92 Å². The lowest BCUT2D eigenvalue weighted by atomic mass is 10.2. The van der Waals surface area contributed by atoms with Gasteiger partial charge >= 0.3 is 5.69 Å². The van der Waals surface area contributed by atoms with Gasteiger partial charge in [0.15, 0.2) is 0 Å². The number of rotatable bonds is 9. The first-order chi connectivity index (χ1) is 9.56. The summed E-state index contributed by atoms with van der Waals surface area (Å²) in [6.45, 7) is 4.80. The van der Waals surface area contributed by atoms with Gasteiger partial charge in [-0.3, -0.25) is 10.1 Å². The first kappa shape index (κ1) is 16.1. The van der Waals surface area contributed by atoms with Crippen molar-refractivity contribution < 1.29 is 10.0 Å². The smallest absolute Gasteiger partial charge is 0.353 e. The molecule has 0 radical (unpaired) electrons. The second-order valence-electron chi connectivity index (χ2n) is 4.52. The van der Waals surface area contributed by atoms with Crippen molar-refractivity contribution in [3.63, 3.8) is 0 Å². The Morgan fingerprint density at radius 3 is 2.45 bits per heavy atom. The van der Waals surface area contributed by atoms with Crippen molar-refractivity contribution in [1.29, 1.82) is 0 Å². The predicted octanol–water partition coefficient (Wildman–Crippen LogP) is 1.78. The van der Waals surface area contributed by atoms with Gasteiger partial charge in [-0.15, -0.1) is 0 Å². The molecule has 0 aliphatic rings. The van der Waals surface area contributed by atoms with Crippen LogP contribution in [0.4, 0.5) is 17.3 Å². The van der Waals surface area contributed by atoms with E-state index in [9.17, 15) is 10.1 Å². The Bertz CT molecular complexity index is 439. The molecule has 0 aliphatic carbocycles. The SMILES string of the molecule is CCCNc1ncnc(NCCCC(C)O)c1[N+](=O)[O-]. The molecule has 0 aromatic carbocycles. The molecule has 1 atom stereocenters. The van der Waals surface area contributed by atoms with E-state index in [1.54, 1.807) is 6.92 Å². The molecule has 20 heavy (non-hydrogen) atoms. The second kappa shape index (κ2) is 8.26. The Hall–Kier alpha value is -1.96. The molecule has 0 saturated heterocycles. The molecular formula is C12H21N5O3. The number of hydrogen-bond donors (Lipinski definition) is 3. The Morgan fingerprint density at radius 2 is 1.95 bits per heavy atom. The summed E-state index contributed by atoms with van der Waals surface area (Å²) in [4.78, 5) is 18.5. The highest BCUT2D eigenvalue weighted by Gasteiger charge is 2.22. The van der Waals surface area contributed by atoms with E-state index in [0.717, 1.165) is 6.42 Å². The van der Waals surface area contributed by atoms with Crippen LogP contribution in [0.25, 0.3) is 0 Å². The van der Waals surface area contributed by atoms with E-state index in [2.05, 4.69) is 20.6 Å². The summed E-state index contributed by atoms with van der Waals surface area (Å²) in [5.74, 6) is 0.430. The molecule has 1 aromatic heterocycles. The molecule has 8 heteroatoms. The van der Waals surface area contributed by atoms with E-state index in [-0.39, 0.29) is 23.4 Å². The molecule has 0 aliphatic heterocycles. The molecule has 0 amide bonds. The van der Waals surface area contributed by atoms with Crippen molar-refractivity contribution in [3.05, 3.63) is 16.4 Å². The van der Waals surface area contributed by atoms with E-state index in [0.29, 0.717) is 25.9 Å². The third-order valence-corrected chi connectivity index (χ3v) is 2.64. The van der Waals surface area contributed by atoms with Crippen molar-refractivity contribution in [2.75, 3.05) is 23.7 Å². The molecule has 1 unspecified atom stereocenters. The Morgan fingerprint density at radius 1 is 1.35 bits per heavy atom. The maximum Gasteiger partial charge on any atom is 0.353 e. The third-order valence-electron chi connectivity index (χ3n) is 2.64. The molecule has 3 N–H and O–H groups in total. The van der Waals surface area contributed by atoms with Gasteiger partial charge in [0.25, 0.3) is 0 Å². The average Bonchev–Trinajstić information content (AvgIpc) is 2.40. The molecule has 1 rings (SSSR count). The Balaban J connectivity index is 2.76. The van der Waals surface area contributed by atoms with Gasteiger partial charge in [0, 0.05) is 13.1 Å². The summed E-state index contributed by atoms with van der Waals surface area (Å²) in [5.41, 5.74) is -0.141. The summed E-state index contributed by atoms with van der Waals surface area (Å²) >= 11 is 0. The maximum absolute atomic E-state index is 11.2. The van der Waals surface area contributed by atoms with Gasteiger partial charge in [0.05, 0.1) is 11.0 Å². The van der Waals surface area contributed by atoms with Crippen LogP contribution in [0.15, 0.2) is 6.33 Å². The summed E-state index contributed by atoms with van der Waals surface area (Å²) < 4.78 is 0. The number of hydrogen-bond acceptors (Lipinski definition) is 7. The highest BCUT2D eigenvalue weighted by Crippen LogP contribution is 2.28. The maximum atomic E-state index is 11.2. The minimum Gasteiger partial charge on any atom is -0.393 e. The summed E-state index contributed by atoms with van der Waals surface area (Å²) in [6.07, 6.45) is 3.10. The van der Waals surface area contributed by atoms with Gasteiger partial charge in [-0.1, -0.05) is 6.92 Å². The lowest BCUT2D eigenvalue weighted by Crippen LogP contribution is -2.12. The fourth-order valence-electron chi connectivity index (χ4n) is 1.66. The molecule has 1 aromatic rings. The largest absolute Gasteiger partial charge is 0.393 e. The van der Waals surface area contributed by atoms with Crippen LogP contribution in [0.2, 0.25) is 0 Å². The van der Waals surface area contributed by atoms with Crippen LogP contribution < -0.4 is 10.6 Å². The summed E-state index contributed by atoms with van der Waals surface area (Å²) in [6, 6.07) is 0. The lowest BCUT2D eigenvalue weighted by molar-refractivity contribution is -0.383. The lowest BCUT2D eigenvalue weighted by Gasteiger charge is -2.10. The first-order valence-electron chi connectivity index (χ1n) is 6.71.